The van der Waals surface area contributed by atoms with Crippen LogP contribution in [0.1, 0.15) is 27.8 Å². The number of amidine groups is 1. The molecule has 3 aromatic carbocycles. The highest BCUT2D eigenvalue weighted by Crippen LogP contribution is 2.20. The highest BCUT2D eigenvalue weighted by atomic mass is 31.0. The minimum atomic E-state index is -0.343. The molecule has 6 heteroatoms. The topological polar surface area (TPSA) is 74.2 Å². The maximum absolute atomic E-state index is 14.0. The third-order valence-electron chi connectivity index (χ3n) is 4.77. The summed E-state index contributed by atoms with van der Waals surface area (Å²) >= 11 is 0. The fourth-order valence-corrected chi connectivity index (χ4v) is 3.37. The summed E-state index contributed by atoms with van der Waals surface area (Å²) < 4.78 is 14.0. The van der Waals surface area contributed by atoms with Gasteiger partial charge in [-0.25, -0.2) is 4.39 Å². The first kappa shape index (κ1) is 21.2. The zero-order chi connectivity index (χ0) is 21.7. The Balaban J connectivity index is 2.00. The molecule has 3 aromatic rings. The van der Waals surface area contributed by atoms with E-state index in [1.807, 2.05) is 43.3 Å². The normalized spacial score (nSPS) is 11.1. The molecule has 1 atom stereocenters. The zero-order valence-electron chi connectivity index (χ0n) is 16.6. The third kappa shape index (κ3) is 4.74. The number of nitrogens with one attached hydrogen (secondary N) is 1. The summed E-state index contributed by atoms with van der Waals surface area (Å²) in [6.45, 7) is 6.28. The van der Waals surface area contributed by atoms with Crippen LogP contribution in [-0.2, 0) is 6.54 Å². The van der Waals surface area contributed by atoms with Gasteiger partial charge in [-0.3, -0.25) is 4.99 Å². The maximum Gasteiger partial charge on any atom is 0.135 e. The first-order valence-corrected chi connectivity index (χ1v) is 9.87. The number of nitrogen functional groups attached to an aromatic ring is 1. The van der Waals surface area contributed by atoms with Crippen LogP contribution in [0.15, 0.2) is 72.2 Å². The van der Waals surface area contributed by atoms with Gasteiger partial charge in [0.25, 0.3) is 0 Å². The molecule has 0 fully saturated rings. The maximum atomic E-state index is 14.0. The lowest BCUT2D eigenvalue weighted by Crippen LogP contribution is -2.25. The van der Waals surface area contributed by atoms with Crippen molar-refractivity contribution in [1.82, 2.24) is 5.32 Å². The number of nitriles is 1. The minimum absolute atomic E-state index is 0.282. The van der Waals surface area contributed by atoms with E-state index in [1.165, 1.54) is 12.1 Å². The van der Waals surface area contributed by atoms with Crippen LogP contribution in [-0.4, -0.2) is 5.84 Å². The Morgan fingerprint density at radius 3 is 2.60 bits per heavy atom. The van der Waals surface area contributed by atoms with Crippen LogP contribution < -0.4 is 16.4 Å². The molecular formula is C24H22FN4P. The van der Waals surface area contributed by atoms with Crippen molar-refractivity contribution in [3.05, 3.63) is 101 Å². The molecular weight excluding hydrogens is 394 g/mol. The van der Waals surface area contributed by atoms with Crippen LogP contribution in [0.25, 0.3) is 5.70 Å². The Morgan fingerprint density at radius 2 is 1.87 bits per heavy atom. The van der Waals surface area contributed by atoms with Crippen molar-refractivity contribution < 1.29 is 4.39 Å². The molecule has 0 aromatic heterocycles. The molecule has 0 saturated carbocycles. The molecule has 0 radical (unpaired) electrons. The van der Waals surface area contributed by atoms with E-state index in [2.05, 4.69) is 32.2 Å². The van der Waals surface area contributed by atoms with E-state index >= 15 is 0 Å². The van der Waals surface area contributed by atoms with Gasteiger partial charge >= 0.3 is 0 Å². The Hall–Kier alpha value is -3.48. The van der Waals surface area contributed by atoms with Crippen LogP contribution in [0.5, 0.6) is 0 Å². The molecule has 3 rings (SSSR count). The van der Waals surface area contributed by atoms with Gasteiger partial charge in [0.1, 0.15) is 11.7 Å². The van der Waals surface area contributed by atoms with E-state index in [4.69, 9.17) is 5.73 Å². The molecule has 0 spiro atoms. The number of anilines is 1. The number of nitrogens with zero attached hydrogens (tertiary/aromatic N) is 2. The lowest BCUT2D eigenvalue weighted by molar-refractivity contribution is 0.628. The molecule has 0 aliphatic carbocycles. The Morgan fingerprint density at radius 1 is 1.17 bits per heavy atom. The average molecular weight is 416 g/mol. The Labute approximate surface area is 178 Å². The molecule has 0 bridgehead atoms. The van der Waals surface area contributed by atoms with Gasteiger partial charge in [0.05, 0.1) is 18.2 Å². The van der Waals surface area contributed by atoms with Crippen molar-refractivity contribution in [1.29, 1.82) is 5.26 Å². The van der Waals surface area contributed by atoms with Gasteiger partial charge in [0.15, 0.2) is 0 Å². The van der Waals surface area contributed by atoms with Crippen molar-refractivity contribution in [2.45, 2.75) is 13.5 Å². The number of halogens is 1. The van der Waals surface area contributed by atoms with Gasteiger partial charge in [-0.1, -0.05) is 36.9 Å². The summed E-state index contributed by atoms with van der Waals surface area (Å²) in [6, 6.07) is 19.7. The fourth-order valence-electron chi connectivity index (χ4n) is 3.06. The number of benzene rings is 3. The monoisotopic (exact) mass is 416 g/mol. The summed E-state index contributed by atoms with van der Waals surface area (Å²) in [4.78, 5) is 4.69. The van der Waals surface area contributed by atoms with Gasteiger partial charge in [0, 0.05) is 22.5 Å². The molecule has 0 amide bonds. The van der Waals surface area contributed by atoms with Gasteiger partial charge in [-0.2, -0.15) is 5.26 Å². The van der Waals surface area contributed by atoms with Gasteiger partial charge in [-0.05, 0) is 53.7 Å². The fraction of sp³-hybridized carbons (Fsp3) is 0.0833. The van der Waals surface area contributed by atoms with E-state index in [-0.39, 0.29) is 12.4 Å². The summed E-state index contributed by atoms with van der Waals surface area (Å²) in [7, 11) is 2.53. The van der Waals surface area contributed by atoms with Crippen molar-refractivity contribution in [2.75, 3.05) is 5.73 Å². The quantitative estimate of drug-likeness (QED) is 0.282. The molecule has 4 nitrogen and oxygen atoms in total. The van der Waals surface area contributed by atoms with Crippen molar-refractivity contribution in [2.24, 2.45) is 4.99 Å². The number of para-hydroxylation sites is 1. The second kappa shape index (κ2) is 9.35. The highest BCUT2D eigenvalue weighted by molar-refractivity contribution is 7.27. The Kier molecular flexibility index (Phi) is 6.61. The van der Waals surface area contributed by atoms with E-state index < -0.39 is 0 Å². The molecule has 0 aliphatic heterocycles. The van der Waals surface area contributed by atoms with Crippen LogP contribution in [0.3, 0.4) is 0 Å². The Bertz CT molecular complexity index is 1180. The molecule has 0 saturated heterocycles. The zero-order valence-corrected chi connectivity index (χ0v) is 17.8. The summed E-state index contributed by atoms with van der Waals surface area (Å²) in [6.07, 6.45) is 0. The number of aliphatic imine (C=N–C) groups is 1. The number of hydrogen-bond acceptors (Lipinski definition) is 3. The SMILES string of the molecule is C=C(NC(=NCc1ccccc1C#N)c1ccccc1N)c1cc(F)cc(P)c1C. The van der Waals surface area contributed by atoms with Gasteiger partial charge in [-0.15, -0.1) is 9.24 Å². The largest absolute Gasteiger partial charge is 0.398 e. The lowest BCUT2D eigenvalue weighted by Gasteiger charge is -2.17. The van der Waals surface area contributed by atoms with Crippen LogP contribution in [0, 0.1) is 24.1 Å². The molecule has 150 valence electrons. The van der Waals surface area contributed by atoms with Crippen molar-refractivity contribution in [3.8, 4) is 6.07 Å². The second-order valence-corrected chi connectivity index (χ2v) is 7.41. The molecule has 3 N–H and O–H groups in total. The number of rotatable bonds is 5. The van der Waals surface area contributed by atoms with E-state index in [0.29, 0.717) is 33.9 Å². The standard InChI is InChI=1S/C24H22FN4P/c1-15-21(11-19(25)12-23(15)30)16(2)29-24(20-9-5-6-10-22(20)27)28-14-18-8-4-3-7-17(18)13-26/h3-12H,2,14,27,30H2,1H3,(H,28,29). The average Bonchev–Trinajstić information content (AvgIpc) is 2.74. The highest BCUT2D eigenvalue weighted by Gasteiger charge is 2.13. The smallest absolute Gasteiger partial charge is 0.135 e. The van der Waals surface area contributed by atoms with Gasteiger partial charge < -0.3 is 11.1 Å². The second-order valence-electron chi connectivity index (χ2n) is 6.79. The van der Waals surface area contributed by atoms with Crippen molar-refractivity contribution in [3.63, 3.8) is 0 Å². The molecule has 0 aliphatic rings. The van der Waals surface area contributed by atoms with Crippen LogP contribution in [0.4, 0.5) is 10.1 Å². The van der Waals surface area contributed by atoms with E-state index in [1.54, 1.807) is 12.1 Å². The third-order valence-corrected chi connectivity index (χ3v) is 5.37. The molecule has 30 heavy (non-hydrogen) atoms. The van der Waals surface area contributed by atoms with Crippen LogP contribution in [0.2, 0.25) is 0 Å². The van der Waals surface area contributed by atoms with E-state index in [9.17, 15) is 9.65 Å². The first-order chi connectivity index (χ1) is 14.4. The lowest BCUT2D eigenvalue weighted by atomic mass is 10.0. The number of hydrogen-bond donors (Lipinski definition) is 2. The predicted molar refractivity (Wildman–Crippen MR) is 125 cm³/mol. The van der Waals surface area contributed by atoms with E-state index in [0.717, 1.165) is 16.4 Å². The first-order valence-electron chi connectivity index (χ1n) is 9.30. The summed E-state index contributed by atoms with van der Waals surface area (Å²) in [5, 5.41) is 13.3. The molecule has 0 heterocycles. The number of nitrogens with two attached hydrogens (primary N) is 1. The van der Waals surface area contributed by atoms with Gasteiger partial charge in [0.2, 0.25) is 0 Å². The predicted octanol–water partition coefficient (Wildman–Crippen LogP) is 4.30. The van der Waals surface area contributed by atoms with Crippen molar-refractivity contribution >= 4 is 31.8 Å². The molecule has 1 unspecified atom stereocenters. The summed E-state index contributed by atoms with van der Waals surface area (Å²) in [5.74, 6) is 0.157. The minimum Gasteiger partial charge on any atom is -0.398 e. The summed E-state index contributed by atoms with van der Waals surface area (Å²) in [5.41, 5.74) is 10.8. The van der Waals surface area contributed by atoms with Crippen LogP contribution >= 0.6 is 9.24 Å².